The second-order valence-electron chi connectivity index (χ2n) is 4.23. The molecule has 0 aliphatic heterocycles. The maximum atomic E-state index is 12.2. The maximum Gasteiger partial charge on any atom is 0.254 e. The van der Waals surface area contributed by atoms with Crippen molar-refractivity contribution in [3.8, 4) is 0 Å². The van der Waals surface area contributed by atoms with E-state index in [1.54, 1.807) is 4.90 Å². The van der Waals surface area contributed by atoms with Gasteiger partial charge in [0.1, 0.15) is 0 Å². The number of carbonyl (C=O) groups excluding carboxylic acids is 1. The molecule has 0 aliphatic rings. The van der Waals surface area contributed by atoms with E-state index < -0.39 is 0 Å². The van der Waals surface area contributed by atoms with E-state index in [0.717, 1.165) is 9.35 Å². The van der Waals surface area contributed by atoms with E-state index in [2.05, 4.69) is 35.0 Å². The zero-order chi connectivity index (χ0) is 13.1. The molecule has 4 heteroatoms. The minimum atomic E-state index is 0.0557. The Kier molecular flexibility index (Phi) is 4.19. The van der Waals surface area contributed by atoms with Crippen LogP contribution in [-0.2, 0) is 6.54 Å². The first kappa shape index (κ1) is 13.3. The molecule has 1 aromatic carbocycles. The third kappa shape index (κ3) is 3.00. The molecule has 1 aromatic heterocycles. The van der Waals surface area contributed by atoms with Crippen molar-refractivity contribution in [1.29, 1.82) is 0 Å². The highest BCUT2D eigenvalue weighted by Crippen LogP contribution is 2.22. The predicted molar refractivity (Wildman–Crippen MR) is 79.0 cm³/mol. The number of thiophene rings is 1. The van der Waals surface area contributed by atoms with Gasteiger partial charge >= 0.3 is 0 Å². The molecule has 2 rings (SSSR count). The highest BCUT2D eigenvalue weighted by atomic mass is 79.9. The van der Waals surface area contributed by atoms with Crippen LogP contribution in [0, 0.1) is 6.92 Å². The van der Waals surface area contributed by atoms with Crippen molar-refractivity contribution in [2.24, 2.45) is 0 Å². The lowest BCUT2D eigenvalue weighted by molar-refractivity contribution is 0.0785. The third-order valence-electron chi connectivity index (χ3n) is 2.83. The van der Waals surface area contributed by atoms with E-state index in [0.29, 0.717) is 6.54 Å². The summed E-state index contributed by atoms with van der Waals surface area (Å²) in [4.78, 5) is 13.9. The van der Waals surface area contributed by atoms with E-state index in [9.17, 15) is 4.79 Å². The monoisotopic (exact) mass is 323 g/mol. The highest BCUT2D eigenvalue weighted by Gasteiger charge is 2.14. The first-order valence-corrected chi connectivity index (χ1v) is 7.29. The quantitative estimate of drug-likeness (QED) is 0.833. The third-order valence-corrected chi connectivity index (χ3v) is 4.33. The van der Waals surface area contributed by atoms with Gasteiger partial charge in [-0.25, -0.2) is 0 Å². The number of rotatable bonds is 3. The Morgan fingerprint density at radius 3 is 2.72 bits per heavy atom. The maximum absolute atomic E-state index is 12.2. The van der Waals surface area contributed by atoms with Crippen LogP contribution >= 0.6 is 27.3 Å². The molecule has 0 saturated heterocycles. The summed E-state index contributed by atoms with van der Waals surface area (Å²) in [7, 11) is 1.83. The summed E-state index contributed by atoms with van der Waals surface area (Å²) in [6.45, 7) is 2.70. The largest absolute Gasteiger partial charge is 0.337 e. The topological polar surface area (TPSA) is 20.3 Å². The molecular formula is C14H14BrNOS. The Hall–Kier alpha value is -1.13. The Morgan fingerprint density at radius 1 is 1.39 bits per heavy atom. The van der Waals surface area contributed by atoms with Crippen LogP contribution in [-0.4, -0.2) is 17.9 Å². The van der Waals surface area contributed by atoms with Gasteiger partial charge in [-0.05, 0) is 40.0 Å². The average molecular weight is 324 g/mol. The molecule has 2 nitrogen and oxygen atoms in total. The van der Waals surface area contributed by atoms with Crippen molar-refractivity contribution in [3.05, 3.63) is 56.2 Å². The molecular weight excluding hydrogens is 310 g/mol. The van der Waals surface area contributed by atoms with Gasteiger partial charge < -0.3 is 4.90 Å². The van der Waals surface area contributed by atoms with Crippen LogP contribution in [0.1, 0.15) is 21.5 Å². The van der Waals surface area contributed by atoms with E-state index in [1.807, 2.05) is 30.6 Å². The van der Waals surface area contributed by atoms with Crippen LogP contribution in [0.4, 0.5) is 0 Å². The summed E-state index contributed by atoms with van der Waals surface area (Å²) >= 11 is 4.90. The van der Waals surface area contributed by atoms with Crippen LogP contribution in [0.5, 0.6) is 0 Å². The minimum absolute atomic E-state index is 0.0557. The molecule has 1 amide bonds. The van der Waals surface area contributed by atoms with Crippen molar-refractivity contribution < 1.29 is 4.79 Å². The van der Waals surface area contributed by atoms with E-state index in [1.165, 1.54) is 22.5 Å². The van der Waals surface area contributed by atoms with Crippen molar-refractivity contribution in [2.45, 2.75) is 13.5 Å². The fraction of sp³-hybridized carbons (Fsp3) is 0.214. The van der Waals surface area contributed by atoms with Crippen LogP contribution in [0.15, 0.2) is 39.5 Å². The van der Waals surface area contributed by atoms with E-state index in [-0.39, 0.29) is 5.91 Å². The van der Waals surface area contributed by atoms with E-state index in [4.69, 9.17) is 0 Å². The Bertz CT molecular complexity index is 564. The fourth-order valence-electron chi connectivity index (χ4n) is 1.76. The number of benzene rings is 1. The normalized spacial score (nSPS) is 10.4. The van der Waals surface area contributed by atoms with Gasteiger partial charge in [0.25, 0.3) is 5.91 Å². The molecule has 0 aliphatic carbocycles. The molecule has 0 unspecified atom stereocenters. The number of nitrogens with zero attached hydrogens (tertiary/aromatic N) is 1. The summed E-state index contributed by atoms with van der Waals surface area (Å²) in [5.74, 6) is 0.0557. The summed E-state index contributed by atoms with van der Waals surface area (Å²) in [6.07, 6.45) is 0. The fourth-order valence-corrected chi connectivity index (χ4v) is 2.89. The molecule has 0 N–H and O–H groups in total. The Labute approximate surface area is 119 Å². The van der Waals surface area contributed by atoms with Gasteiger partial charge in [-0.2, -0.15) is 0 Å². The average Bonchev–Trinajstić information content (AvgIpc) is 2.78. The SMILES string of the molecule is Cc1ccccc1CN(C)C(=O)c1csc(Br)c1. The minimum Gasteiger partial charge on any atom is -0.337 e. The predicted octanol–water partition coefficient (Wildman–Crippen LogP) is 4.09. The molecule has 2 aromatic rings. The van der Waals surface area contributed by atoms with Gasteiger partial charge in [0.05, 0.1) is 9.35 Å². The lowest BCUT2D eigenvalue weighted by Crippen LogP contribution is -2.26. The van der Waals surface area contributed by atoms with Gasteiger partial charge in [-0.15, -0.1) is 11.3 Å². The van der Waals surface area contributed by atoms with Crippen molar-refractivity contribution in [1.82, 2.24) is 4.90 Å². The second kappa shape index (κ2) is 5.67. The second-order valence-corrected chi connectivity index (χ2v) is 6.52. The van der Waals surface area contributed by atoms with Gasteiger partial charge in [0.2, 0.25) is 0 Å². The standard InChI is InChI=1S/C14H14BrNOS/c1-10-5-3-4-6-11(10)8-16(2)14(17)12-7-13(15)18-9-12/h3-7,9H,8H2,1-2H3. The van der Waals surface area contributed by atoms with Crippen LogP contribution in [0.25, 0.3) is 0 Å². The van der Waals surface area contributed by atoms with Gasteiger partial charge in [0.15, 0.2) is 0 Å². The lowest BCUT2D eigenvalue weighted by Gasteiger charge is -2.17. The molecule has 1 heterocycles. The lowest BCUT2D eigenvalue weighted by atomic mass is 10.1. The zero-order valence-electron chi connectivity index (χ0n) is 10.3. The molecule has 0 bridgehead atoms. The summed E-state index contributed by atoms with van der Waals surface area (Å²) < 4.78 is 0.982. The number of halogens is 1. The summed E-state index contributed by atoms with van der Waals surface area (Å²) in [6, 6.07) is 10.00. The molecule has 0 radical (unpaired) electrons. The van der Waals surface area contributed by atoms with Crippen molar-refractivity contribution in [3.63, 3.8) is 0 Å². The van der Waals surface area contributed by atoms with Crippen LogP contribution in [0.3, 0.4) is 0 Å². The molecule has 94 valence electrons. The van der Waals surface area contributed by atoms with Gasteiger partial charge in [-0.1, -0.05) is 24.3 Å². The number of amides is 1. The Morgan fingerprint density at radius 2 is 2.11 bits per heavy atom. The van der Waals surface area contributed by atoms with Crippen LogP contribution in [0.2, 0.25) is 0 Å². The Balaban J connectivity index is 2.11. The number of hydrogen-bond donors (Lipinski definition) is 0. The molecule has 0 saturated carbocycles. The van der Waals surface area contributed by atoms with Gasteiger partial charge in [0, 0.05) is 19.0 Å². The smallest absolute Gasteiger partial charge is 0.254 e. The molecule has 0 fully saturated rings. The highest BCUT2D eigenvalue weighted by molar-refractivity contribution is 9.11. The number of aryl methyl sites for hydroxylation is 1. The van der Waals surface area contributed by atoms with Crippen molar-refractivity contribution >= 4 is 33.2 Å². The first-order valence-electron chi connectivity index (χ1n) is 5.62. The molecule has 0 atom stereocenters. The number of hydrogen-bond acceptors (Lipinski definition) is 2. The van der Waals surface area contributed by atoms with Gasteiger partial charge in [-0.3, -0.25) is 4.79 Å². The van der Waals surface area contributed by atoms with Crippen molar-refractivity contribution in [2.75, 3.05) is 7.05 Å². The van der Waals surface area contributed by atoms with E-state index >= 15 is 0 Å². The summed E-state index contributed by atoms with van der Waals surface area (Å²) in [5, 5.41) is 1.88. The number of carbonyl (C=O) groups is 1. The van der Waals surface area contributed by atoms with Crippen LogP contribution < -0.4 is 0 Å². The summed E-state index contributed by atoms with van der Waals surface area (Å²) in [5.41, 5.74) is 3.13. The zero-order valence-corrected chi connectivity index (χ0v) is 12.7. The molecule has 0 spiro atoms. The first-order chi connectivity index (χ1) is 8.58. The molecule has 18 heavy (non-hydrogen) atoms.